The predicted molar refractivity (Wildman–Crippen MR) is 130 cm³/mol. The summed E-state index contributed by atoms with van der Waals surface area (Å²) >= 11 is 5.84. The van der Waals surface area contributed by atoms with Crippen molar-refractivity contribution in [3.05, 3.63) is 75.9 Å². The van der Waals surface area contributed by atoms with E-state index < -0.39 is 63.4 Å². The highest BCUT2D eigenvalue weighted by Crippen LogP contribution is 2.40. The van der Waals surface area contributed by atoms with Gasteiger partial charge in [0.25, 0.3) is 11.8 Å². The Hall–Kier alpha value is -3.48. The number of amides is 1. The molecule has 1 N–H and O–H groups in total. The van der Waals surface area contributed by atoms with Crippen molar-refractivity contribution in [3.8, 4) is 17.4 Å². The number of ether oxygens (including phenoxy) is 4. The lowest BCUT2D eigenvalue weighted by Gasteiger charge is -2.18. The van der Waals surface area contributed by atoms with Gasteiger partial charge in [0, 0.05) is 6.20 Å². The summed E-state index contributed by atoms with van der Waals surface area (Å²) in [4.78, 5) is 16.9. The first-order valence-electron chi connectivity index (χ1n) is 11.5. The van der Waals surface area contributed by atoms with Gasteiger partial charge in [-0.05, 0) is 62.7 Å². The molecule has 0 spiro atoms. The first-order chi connectivity index (χ1) is 18.2. The molecule has 13 heteroatoms. The SMILES string of the molecule is Cc1cc(F)ccc1Oc1cc(C(F)(F)F)c(Cl)cc1C(=O)Nc1ccnc(OCC2COC(C)(C)O2)c1F. The number of benzene rings is 2. The summed E-state index contributed by atoms with van der Waals surface area (Å²) in [6, 6.07) is 5.77. The average molecular weight is 573 g/mol. The first-order valence-corrected chi connectivity index (χ1v) is 11.9. The number of aryl methyl sites for hydroxylation is 1. The maximum atomic E-state index is 15.1. The average Bonchev–Trinajstić information content (AvgIpc) is 3.19. The Labute approximate surface area is 224 Å². The summed E-state index contributed by atoms with van der Waals surface area (Å²) in [6.45, 7) is 5.02. The zero-order chi connectivity index (χ0) is 28.5. The van der Waals surface area contributed by atoms with E-state index in [1.807, 2.05) is 0 Å². The minimum absolute atomic E-state index is 0.00652. The van der Waals surface area contributed by atoms with Gasteiger partial charge in [-0.1, -0.05) is 11.6 Å². The van der Waals surface area contributed by atoms with Crippen molar-refractivity contribution in [2.24, 2.45) is 0 Å². The third-order valence-corrected chi connectivity index (χ3v) is 5.87. The Kier molecular flexibility index (Phi) is 8.01. The number of nitrogens with one attached hydrogen (secondary N) is 1. The van der Waals surface area contributed by atoms with Crippen LogP contribution in [0.2, 0.25) is 5.02 Å². The molecule has 2 aromatic carbocycles. The molecule has 39 heavy (non-hydrogen) atoms. The van der Waals surface area contributed by atoms with Gasteiger partial charge in [0.05, 0.1) is 28.4 Å². The number of pyridine rings is 1. The van der Waals surface area contributed by atoms with E-state index in [1.165, 1.54) is 19.2 Å². The van der Waals surface area contributed by atoms with Crippen LogP contribution >= 0.6 is 11.6 Å². The Bertz CT molecular complexity index is 1400. The van der Waals surface area contributed by atoms with Gasteiger partial charge in [-0.15, -0.1) is 0 Å². The molecule has 1 aliphatic rings. The van der Waals surface area contributed by atoms with Crippen molar-refractivity contribution >= 4 is 23.2 Å². The van der Waals surface area contributed by atoms with Crippen molar-refractivity contribution < 1.29 is 45.7 Å². The molecule has 0 aliphatic carbocycles. The molecule has 208 valence electrons. The first kappa shape index (κ1) is 28.5. The molecule has 3 aromatic rings. The molecule has 1 amide bonds. The fourth-order valence-electron chi connectivity index (χ4n) is 3.71. The molecular weight excluding hydrogens is 551 g/mol. The standard InChI is InChI=1S/C26H22ClF5N2O5/c1-13-8-14(28)4-5-20(13)38-21-10-17(26(30,31)32)18(27)9-16(21)23(35)34-19-6-7-33-24(22(19)29)36-11-15-12-37-25(2,3)39-15/h4-10,15H,11-12H2,1-3H3,(H,33,34,35). The van der Waals surface area contributed by atoms with Gasteiger partial charge in [-0.25, -0.2) is 9.37 Å². The van der Waals surface area contributed by atoms with Gasteiger partial charge >= 0.3 is 6.18 Å². The van der Waals surface area contributed by atoms with Crippen molar-refractivity contribution in [1.29, 1.82) is 0 Å². The van der Waals surface area contributed by atoms with Gasteiger partial charge in [0.15, 0.2) is 5.79 Å². The topological polar surface area (TPSA) is 78.9 Å². The van der Waals surface area contributed by atoms with Crippen LogP contribution in [0.25, 0.3) is 0 Å². The van der Waals surface area contributed by atoms with Crippen LogP contribution in [-0.4, -0.2) is 36.0 Å². The van der Waals surface area contributed by atoms with Gasteiger partial charge in [0.2, 0.25) is 5.82 Å². The van der Waals surface area contributed by atoms with Gasteiger partial charge in [0.1, 0.15) is 30.0 Å². The number of carbonyl (C=O) groups is 1. The Balaban J connectivity index is 1.61. The number of halogens is 6. The number of aromatic nitrogens is 1. The van der Waals surface area contributed by atoms with Gasteiger partial charge in [-0.2, -0.15) is 17.6 Å². The molecule has 2 heterocycles. The highest BCUT2D eigenvalue weighted by molar-refractivity contribution is 6.32. The molecule has 0 bridgehead atoms. The van der Waals surface area contributed by atoms with Crippen LogP contribution in [-0.2, 0) is 15.7 Å². The van der Waals surface area contributed by atoms with E-state index in [4.69, 9.17) is 30.5 Å². The maximum Gasteiger partial charge on any atom is 0.417 e. The third kappa shape index (κ3) is 6.75. The van der Waals surface area contributed by atoms with Gasteiger partial charge in [-0.3, -0.25) is 4.79 Å². The van der Waals surface area contributed by atoms with Crippen LogP contribution < -0.4 is 14.8 Å². The summed E-state index contributed by atoms with van der Waals surface area (Å²) in [5.74, 6) is -4.45. The van der Waals surface area contributed by atoms with Crippen LogP contribution in [0.5, 0.6) is 17.4 Å². The van der Waals surface area contributed by atoms with Crippen LogP contribution in [0, 0.1) is 18.6 Å². The maximum absolute atomic E-state index is 15.1. The van der Waals surface area contributed by atoms with Crippen molar-refractivity contribution in [1.82, 2.24) is 4.98 Å². The van der Waals surface area contributed by atoms with E-state index in [9.17, 15) is 22.4 Å². The molecule has 1 aliphatic heterocycles. The fraction of sp³-hybridized carbons (Fsp3) is 0.308. The lowest BCUT2D eigenvalue weighted by Crippen LogP contribution is -2.25. The summed E-state index contributed by atoms with van der Waals surface area (Å²) < 4.78 is 91.2. The monoisotopic (exact) mass is 572 g/mol. The van der Waals surface area contributed by atoms with E-state index in [0.29, 0.717) is 6.07 Å². The van der Waals surface area contributed by atoms with E-state index in [2.05, 4.69) is 10.3 Å². The summed E-state index contributed by atoms with van der Waals surface area (Å²) in [5, 5.41) is 1.49. The second-order valence-corrected chi connectivity index (χ2v) is 9.44. The van der Waals surface area contributed by atoms with Crippen LogP contribution in [0.3, 0.4) is 0 Å². The lowest BCUT2D eigenvalue weighted by atomic mass is 10.1. The summed E-state index contributed by atoms with van der Waals surface area (Å²) in [5.41, 5.74) is -1.81. The number of carbonyl (C=O) groups excluding carboxylic acids is 1. The normalized spacial score (nSPS) is 16.7. The highest BCUT2D eigenvalue weighted by Gasteiger charge is 2.36. The number of rotatable bonds is 7. The lowest BCUT2D eigenvalue weighted by molar-refractivity contribution is -0.141. The highest BCUT2D eigenvalue weighted by atomic mass is 35.5. The quantitative estimate of drug-likeness (QED) is 0.310. The van der Waals surface area contributed by atoms with Crippen LogP contribution in [0.4, 0.5) is 27.6 Å². The molecular formula is C26H22ClF5N2O5. The van der Waals surface area contributed by atoms with E-state index in [-0.39, 0.29) is 30.2 Å². The van der Waals surface area contributed by atoms with E-state index >= 15 is 4.39 Å². The summed E-state index contributed by atoms with van der Waals surface area (Å²) in [7, 11) is 0. The number of nitrogens with zero attached hydrogens (tertiary/aromatic N) is 1. The van der Waals surface area contributed by atoms with Crippen molar-refractivity contribution in [3.63, 3.8) is 0 Å². The Morgan fingerprint density at radius 3 is 2.56 bits per heavy atom. The minimum Gasteiger partial charge on any atom is -0.473 e. The van der Waals surface area contributed by atoms with E-state index in [0.717, 1.165) is 24.3 Å². The summed E-state index contributed by atoms with van der Waals surface area (Å²) in [6.07, 6.45) is -4.18. The fourth-order valence-corrected chi connectivity index (χ4v) is 3.98. The number of anilines is 1. The largest absolute Gasteiger partial charge is 0.473 e. The van der Waals surface area contributed by atoms with Gasteiger partial charge < -0.3 is 24.3 Å². The number of hydrogen-bond donors (Lipinski definition) is 1. The molecule has 1 unspecified atom stereocenters. The second kappa shape index (κ2) is 10.9. The minimum atomic E-state index is -4.87. The number of hydrogen-bond acceptors (Lipinski definition) is 6. The van der Waals surface area contributed by atoms with Crippen LogP contribution in [0.15, 0.2) is 42.6 Å². The molecule has 0 radical (unpaired) electrons. The van der Waals surface area contributed by atoms with E-state index in [1.54, 1.807) is 13.8 Å². The molecule has 0 saturated carbocycles. The molecule has 1 atom stereocenters. The molecule has 1 fully saturated rings. The molecule has 1 aromatic heterocycles. The predicted octanol–water partition coefficient (Wildman–Crippen LogP) is 6.92. The molecule has 7 nitrogen and oxygen atoms in total. The number of alkyl halides is 3. The van der Waals surface area contributed by atoms with Crippen molar-refractivity contribution in [2.75, 3.05) is 18.5 Å². The Morgan fingerprint density at radius 2 is 1.92 bits per heavy atom. The zero-order valence-electron chi connectivity index (χ0n) is 20.8. The third-order valence-electron chi connectivity index (χ3n) is 5.55. The Morgan fingerprint density at radius 1 is 1.18 bits per heavy atom. The molecule has 1 saturated heterocycles. The van der Waals surface area contributed by atoms with Crippen LogP contribution in [0.1, 0.15) is 35.3 Å². The second-order valence-electron chi connectivity index (χ2n) is 9.03. The smallest absolute Gasteiger partial charge is 0.417 e. The zero-order valence-corrected chi connectivity index (χ0v) is 21.5. The van der Waals surface area contributed by atoms with Crippen molar-refractivity contribution in [2.45, 2.75) is 38.8 Å². The molecule has 4 rings (SSSR count).